The van der Waals surface area contributed by atoms with Crippen LogP contribution >= 0.6 is 0 Å². The third kappa shape index (κ3) is 3.72. The van der Waals surface area contributed by atoms with E-state index >= 15 is 0 Å². The molecule has 172 valence electrons. The minimum atomic E-state index is -1.09. The van der Waals surface area contributed by atoms with Gasteiger partial charge in [0.2, 0.25) is 0 Å². The number of rotatable bonds is 4. The lowest BCUT2D eigenvalue weighted by atomic mass is 9.93. The van der Waals surface area contributed by atoms with Gasteiger partial charge in [-0.2, -0.15) is 0 Å². The van der Waals surface area contributed by atoms with Gasteiger partial charge in [0.25, 0.3) is 11.8 Å². The van der Waals surface area contributed by atoms with Crippen LogP contribution in [0.3, 0.4) is 0 Å². The number of esters is 1. The van der Waals surface area contributed by atoms with Crippen molar-refractivity contribution in [2.45, 2.75) is 43.9 Å². The first-order chi connectivity index (χ1) is 16.0. The van der Waals surface area contributed by atoms with Crippen LogP contribution in [0.15, 0.2) is 54.6 Å². The van der Waals surface area contributed by atoms with Gasteiger partial charge in [-0.3, -0.25) is 19.3 Å². The fourth-order valence-electron chi connectivity index (χ4n) is 4.63. The number of hydrogen-bond acceptors (Lipinski definition) is 8. The Morgan fingerprint density at radius 1 is 0.970 bits per heavy atom. The van der Waals surface area contributed by atoms with Gasteiger partial charge in [-0.25, -0.2) is 0 Å². The second-order valence-corrected chi connectivity index (χ2v) is 8.05. The van der Waals surface area contributed by atoms with Crippen molar-refractivity contribution in [2.24, 2.45) is 0 Å². The monoisotopic (exact) mass is 453 g/mol. The van der Waals surface area contributed by atoms with Crippen LogP contribution in [-0.2, 0) is 28.5 Å². The molecule has 2 amide bonds. The Hall–Kier alpha value is -3.11. The summed E-state index contributed by atoms with van der Waals surface area (Å²) in [6.45, 7) is 1.38. The van der Waals surface area contributed by atoms with Gasteiger partial charge in [0.1, 0.15) is 18.2 Å². The molecule has 2 fully saturated rings. The Balaban J connectivity index is 1.56. The van der Waals surface area contributed by atoms with Gasteiger partial charge in [-0.15, -0.1) is 0 Å². The highest BCUT2D eigenvalue weighted by atomic mass is 16.8. The van der Waals surface area contributed by atoms with Gasteiger partial charge in [0.15, 0.2) is 18.7 Å². The highest BCUT2D eigenvalue weighted by Crippen LogP contribution is 2.39. The van der Waals surface area contributed by atoms with Crippen LogP contribution in [0.1, 0.15) is 39.5 Å². The van der Waals surface area contributed by atoms with Gasteiger partial charge < -0.3 is 23.7 Å². The normalized spacial score (nSPS) is 31.2. The minimum absolute atomic E-state index is 0.135. The van der Waals surface area contributed by atoms with Crippen molar-refractivity contribution in [3.05, 3.63) is 71.3 Å². The predicted molar refractivity (Wildman–Crippen MR) is 112 cm³/mol. The van der Waals surface area contributed by atoms with Crippen molar-refractivity contribution < 1.29 is 38.1 Å². The van der Waals surface area contributed by atoms with E-state index in [0.29, 0.717) is 0 Å². The highest BCUT2D eigenvalue weighted by molar-refractivity contribution is 6.21. The fourth-order valence-corrected chi connectivity index (χ4v) is 4.63. The molecule has 0 unspecified atom stereocenters. The van der Waals surface area contributed by atoms with Crippen LogP contribution < -0.4 is 0 Å². The molecular formula is C24H23NO8. The first kappa shape index (κ1) is 21.7. The maximum absolute atomic E-state index is 13.4. The van der Waals surface area contributed by atoms with Crippen LogP contribution in [0.25, 0.3) is 0 Å². The zero-order valence-electron chi connectivity index (χ0n) is 18.1. The van der Waals surface area contributed by atoms with Crippen LogP contribution in [0.2, 0.25) is 0 Å². The Labute approximate surface area is 190 Å². The molecule has 3 heterocycles. The zero-order chi connectivity index (χ0) is 23.1. The van der Waals surface area contributed by atoms with Crippen molar-refractivity contribution in [1.29, 1.82) is 0 Å². The van der Waals surface area contributed by atoms with E-state index in [1.807, 2.05) is 30.3 Å². The van der Waals surface area contributed by atoms with Crippen molar-refractivity contribution in [2.75, 3.05) is 13.7 Å². The maximum Gasteiger partial charge on any atom is 0.303 e. The third-order valence-electron chi connectivity index (χ3n) is 6.04. The van der Waals surface area contributed by atoms with E-state index in [1.165, 1.54) is 14.0 Å². The third-order valence-corrected chi connectivity index (χ3v) is 6.04. The van der Waals surface area contributed by atoms with Gasteiger partial charge >= 0.3 is 5.97 Å². The average Bonchev–Trinajstić information content (AvgIpc) is 3.08. The average molecular weight is 453 g/mol. The summed E-state index contributed by atoms with van der Waals surface area (Å²) >= 11 is 0. The number of nitrogens with zero attached hydrogens (tertiary/aromatic N) is 1. The summed E-state index contributed by atoms with van der Waals surface area (Å²) in [7, 11) is 1.40. The number of benzene rings is 2. The van der Waals surface area contributed by atoms with Crippen LogP contribution in [0, 0.1) is 0 Å². The number of carbonyl (C=O) groups is 3. The first-order valence-corrected chi connectivity index (χ1v) is 10.6. The van der Waals surface area contributed by atoms with Crippen LogP contribution in [0.4, 0.5) is 0 Å². The minimum Gasteiger partial charge on any atom is -0.455 e. The summed E-state index contributed by atoms with van der Waals surface area (Å²) in [5.74, 6) is -1.57. The standard InChI is InChI=1S/C24H23NO8/c1-13(26)31-20-18(25-21(27)15-10-6-7-11-16(15)22(25)28)19-17(32-24(20)29-2)12-30-23(33-19)14-8-4-3-5-9-14/h3-11,17-20,23-24H,12H2,1-2H3/t17-,18-,19-,20+,23-,24+/m1/s1. The van der Waals surface area contributed by atoms with E-state index in [4.69, 9.17) is 23.7 Å². The second kappa shape index (κ2) is 8.68. The molecular weight excluding hydrogens is 430 g/mol. The second-order valence-electron chi connectivity index (χ2n) is 8.05. The number of methoxy groups -OCH3 is 1. The summed E-state index contributed by atoms with van der Waals surface area (Å²) in [5, 5.41) is 0. The number of carbonyl (C=O) groups excluding carboxylic acids is 3. The van der Waals surface area contributed by atoms with Crippen LogP contribution in [-0.4, -0.2) is 67.0 Å². The molecule has 0 saturated carbocycles. The van der Waals surface area contributed by atoms with E-state index in [0.717, 1.165) is 10.5 Å². The molecule has 2 aromatic rings. The number of fused-ring (bicyclic) bond motifs is 2. The van der Waals surface area contributed by atoms with Crippen LogP contribution in [0.5, 0.6) is 0 Å². The lowest BCUT2D eigenvalue weighted by Crippen LogP contribution is -2.68. The Morgan fingerprint density at radius 3 is 2.21 bits per heavy atom. The van der Waals surface area contributed by atoms with Gasteiger partial charge in [0, 0.05) is 19.6 Å². The largest absolute Gasteiger partial charge is 0.455 e. The van der Waals surface area contributed by atoms with Crippen molar-refractivity contribution in [3.8, 4) is 0 Å². The summed E-state index contributed by atoms with van der Waals surface area (Å²) < 4.78 is 29.1. The molecule has 0 aliphatic carbocycles. The first-order valence-electron chi connectivity index (χ1n) is 10.6. The van der Waals surface area contributed by atoms with E-state index in [9.17, 15) is 14.4 Å². The molecule has 3 aliphatic heterocycles. The van der Waals surface area contributed by atoms with Crippen molar-refractivity contribution in [3.63, 3.8) is 0 Å². The number of amides is 2. The smallest absolute Gasteiger partial charge is 0.303 e. The molecule has 3 aliphatic rings. The Morgan fingerprint density at radius 2 is 1.61 bits per heavy atom. The van der Waals surface area contributed by atoms with Crippen molar-refractivity contribution >= 4 is 17.8 Å². The Kier molecular flexibility index (Phi) is 5.71. The van der Waals surface area contributed by atoms with Gasteiger partial charge in [-0.05, 0) is 12.1 Å². The predicted octanol–water partition coefficient (Wildman–Crippen LogP) is 2.07. The highest BCUT2D eigenvalue weighted by Gasteiger charge is 2.57. The van der Waals surface area contributed by atoms with Gasteiger partial charge in [0.05, 0.1) is 17.7 Å². The molecule has 0 N–H and O–H groups in total. The number of ether oxygens (including phenoxy) is 5. The number of imide groups is 1. The molecule has 2 aromatic carbocycles. The molecule has 6 atom stereocenters. The van der Waals surface area contributed by atoms with E-state index in [2.05, 4.69) is 0 Å². The summed E-state index contributed by atoms with van der Waals surface area (Å²) in [6, 6.07) is 14.9. The maximum atomic E-state index is 13.4. The fraction of sp³-hybridized carbons (Fsp3) is 0.375. The summed E-state index contributed by atoms with van der Waals surface area (Å²) in [6.07, 6.45) is -4.33. The van der Waals surface area contributed by atoms with E-state index in [1.54, 1.807) is 24.3 Å². The molecule has 5 rings (SSSR count). The molecule has 33 heavy (non-hydrogen) atoms. The summed E-state index contributed by atoms with van der Waals surface area (Å²) in [5.41, 5.74) is 1.34. The molecule has 0 bridgehead atoms. The Bertz CT molecular complexity index is 1040. The molecule has 0 spiro atoms. The molecule has 2 saturated heterocycles. The number of hydrogen-bond donors (Lipinski definition) is 0. The SMILES string of the molecule is CO[C@H]1O[C@@H]2CO[C@@H](c3ccccc3)O[C@H]2[C@@H](N2C(=O)c3ccccc3C2=O)[C@@H]1OC(C)=O. The quantitative estimate of drug-likeness (QED) is 0.512. The molecule has 0 radical (unpaired) electrons. The van der Waals surface area contributed by atoms with Gasteiger partial charge in [-0.1, -0.05) is 42.5 Å². The summed E-state index contributed by atoms with van der Waals surface area (Å²) in [4.78, 5) is 39.8. The lowest BCUT2D eigenvalue weighted by molar-refractivity contribution is -0.346. The van der Waals surface area contributed by atoms with E-state index < -0.39 is 54.7 Å². The molecule has 9 nitrogen and oxygen atoms in total. The van der Waals surface area contributed by atoms with Crippen molar-refractivity contribution in [1.82, 2.24) is 4.90 Å². The zero-order valence-corrected chi connectivity index (χ0v) is 18.1. The molecule has 9 heteroatoms. The molecule has 0 aromatic heterocycles. The van der Waals surface area contributed by atoms with E-state index in [-0.39, 0.29) is 17.7 Å². The topological polar surface area (TPSA) is 101 Å². The lowest BCUT2D eigenvalue weighted by Gasteiger charge is -2.50.